The molecule has 2 amide bonds. The van der Waals surface area contributed by atoms with Crippen molar-refractivity contribution in [2.24, 2.45) is 0 Å². The maximum Gasteiger partial charge on any atom is 0.244 e. The average Bonchev–Trinajstić information content (AvgIpc) is 3.20. The summed E-state index contributed by atoms with van der Waals surface area (Å²) in [6.07, 6.45) is 4.72. The third-order valence-electron chi connectivity index (χ3n) is 3.77. The summed E-state index contributed by atoms with van der Waals surface area (Å²) in [7, 11) is 0. The Kier molecular flexibility index (Phi) is 4.69. The molecule has 0 aliphatic carbocycles. The number of amides is 2. The van der Waals surface area contributed by atoms with Crippen LogP contribution in [0.4, 0.5) is 5.69 Å². The summed E-state index contributed by atoms with van der Waals surface area (Å²) in [4.78, 5) is 29.4. The molecule has 3 rings (SSSR count). The Balaban J connectivity index is 1.54. The Labute approximate surface area is 139 Å². The van der Waals surface area contributed by atoms with Gasteiger partial charge in [0.15, 0.2) is 5.82 Å². The number of nitrogens with zero attached hydrogens (tertiary/aromatic N) is 3. The lowest BCUT2D eigenvalue weighted by Gasteiger charge is -2.15. The summed E-state index contributed by atoms with van der Waals surface area (Å²) < 4.78 is 0. The number of aryl methyl sites for hydroxylation is 1. The van der Waals surface area contributed by atoms with Gasteiger partial charge >= 0.3 is 0 Å². The highest BCUT2D eigenvalue weighted by Gasteiger charge is 2.21. The van der Waals surface area contributed by atoms with Gasteiger partial charge in [0.05, 0.1) is 6.54 Å². The number of hydrogen-bond donors (Lipinski definition) is 2. The summed E-state index contributed by atoms with van der Waals surface area (Å²) in [5, 5.41) is 9.40. The van der Waals surface area contributed by atoms with Crippen molar-refractivity contribution in [3.63, 3.8) is 0 Å². The topological polar surface area (TPSA) is 91.0 Å². The Morgan fingerprint density at radius 2 is 2.17 bits per heavy atom. The Bertz CT molecular complexity index is 764. The van der Waals surface area contributed by atoms with E-state index in [2.05, 4.69) is 20.5 Å². The van der Waals surface area contributed by atoms with Crippen LogP contribution in [0.25, 0.3) is 6.08 Å². The summed E-state index contributed by atoms with van der Waals surface area (Å²) in [6, 6.07) is 7.58. The van der Waals surface area contributed by atoms with Crippen LogP contribution in [0.2, 0.25) is 0 Å². The first-order chi connectivity index (χ1) is 11.6. The highest BCUT2D eigenvalue weighted by molar-refractivity contribution is 5.95. The smallest absolute Gasteiger partial charge is 0.244 e. The van der Waals surface area contributed by atoms with Crippen LogP contribution in [0.15, 0.2) is 30.3 Å². The number of benzene rings is 1. The van der Waals surface area contributed by atoms with Gasteiger partial charge in [0.25, 0.3) is 0 Å². The van der Waals surface area contributed by atoms with Gasteiger partial charge < -0.3 is 10.2 Å². The zero-order valence-corrected chi connectivity index (χ0v) is 13.5. The minimum Gasteiger partial charge on any atom is -0.345 e. The molecule has 7 heteroatoms. The first-order valence-corrected chi connectivity index (χ1v) is 7.86. The van der Waals surface area contributed by atoms with Crippen LogP contribution in [0.3, 0.4) is 0 Å². The largest absolute Gasteiger partial charge is 0.345 e. The minimum atomic E-state index is -0.212. The standard InChI is InChI=1S/C17H19N5O2/c1-12-19-15(21-20-12)11-18-16(23)9-6-13-4-7-14(8-5-13)22-10-2-3-17(22)24/h4-9H,2-3,10-11H2,1H3,(H,18,23)(H,19,20,21). The summed E-state index contributed by atoms with van der Waals surface area (Å²) >= 11 is 0. The maximum atomic E-state index is 11.8. The second-order valence-electron chi connectivity index (χ2n) is 5.63. The van der Waals surface area contributed by atoms with Crippen LogP contribution < -0.4 is 10.2 Å². The molecular weight excluding hydrogens is 306 g/mol. The van der Waals surface area contributed by atoms with Gasteiger partial charge in [-0.2, -0.15) is 5.10 Å². The molecule has 0 spiro atoms. The van der Waals surface area contributed by atoms with Gasteiger partial charge in [0, 0.05) is 24.7 Å². The van der Waals surface area contributed by atoms with E-state index in [0.29, 0.717) is 18.1 Å². The van der Waals surface area contributed by atoms with Gasteiger partial charge in [-0.1, -0.05) is 12.1 Å². The first-order valence-electron chi connectivity index (χ1n) is 7.86. The van der Waals surface area contributed by atoms with Gasteiger partial charge in [0.1, 0.15) is 5.82 Å². The fraction of sp³-hybridized carbons (Fsp3) is 0.294. The highest BCUT2D eigenvalue weighted by atomic mass is 16.2. The first kappa shape index (κ1) is 15.9. The van der Waals surface area contributed by atoms with Crippen LogP contribution >= 0.6 is 0 Å². The fourth-order valence-electron chi connectivity index (χ4n) is 2.55. The molecule has 1 aliphatic heterocycles. The molecule has 2 N–H and O–H groups in total. The van der Waals surface area contributed by atoms with E-state index >= 15 is 0 Å². The molecule has 1 aromatic carbocycles. The molecule has 24 heavy (non-hydrogen) atoms. The van der Waals surface area contributed by atoms with E-state index in [-0.39, 0.29) is 18.4 Å². The van der Waals surface area contributed by atoms with E-state index in [1.807, 2.05) is 24.3 Å². The maximum absolute atomic E-state index is 11.8. The third-order valence-corrected chi connectivity index (χ3v) is 3.77. The third kappa shape index (κ3) is 3.87. The van der Waals surface area contributed by atoms with Crippen LogP contribution in [0.5, 0.6) is 0 Å². The zero-order chi connectivity index (χ0) is 16.9. The number of aromatic amines is 1. The molecule has 2 heterocycles. The summed E-state index contributed by atoms with van der Waals surface area (Å²) in [6.45, 7) is 2.86. The predicted molar refractivity (Wildman–Crippen MR) is 90.0 cm³/mol. The molecule has 1 aromatic heterocycles. The minimum absolute atomic E-state index is 0.167. The van der Waals surface area contributed by atoms with Crippen molar-refractivity contribution in [2.75, 3.05) is 11.4 Å². The fourth-order valence-corrected chi connectivity index (χ4v) is 2.55. The van der Waals surface area contributed by atoms with Gasteiger partial charge in [-0.25, -0.2) is 4.98 Å². The zero-order valence-electron chi connectivity index (χ0n) is 13.5. The lowest BCUT2D eigenvalue weighted by Crippen LogP contribution is -2.23. The lowest BCUT2D eigenvalue weighted by atomic mass is 10.2. The SMILES string of the molecule is Cc1nc(CNC(=O)C=Cc2ccc(N3CCCC3=O)cc2)n[nH]1. The van der Waals surface area contributed by atoms with E-state index in [9.17, 15) is 9.59 Å². The van der Waals surface area contributed by atoms with E-state index in [0.717, 1.165) is 24.2 Å². The highest BCUT2D eigenvalue weighted by Crippen LogP contribution is 2.21. The normalized spacial score (nSPS) is 14.5. The lowest BCUT2D eigenvalue weighted by molar-refractivity contribution is -0.117. The number of carbonyl (C=O) groups is 2. The van der Waals surface area contributed by atoms with E-state index in [1.165, 1.54) is 6.08 Å². The van der Waals surface area contributed by atoms with Crippen LogP contribution in [-0.2, 0) is 16.1 Å². The molecule has 2 aromatic rings. The van der Waals surface area contributed by atoms with E-state index in [4.69, 9.17) is 0 Å². The number of rotatable bonds is 5. The molecule has 0 bridgehead atoms. The molecule has 124 valence electrons. The number of carbonyl (C=O) groups excluding carboxylic acids is 2. The van der Waals surface area contributed by atoms with Gasteiger partial charge in [-0.05, 0) is 37.1 Å². The summed E-state index contributed by atoms with van der Waals surface area (Å²) in [5.74, 6) is 1.22. The second kappa shape index (κ2) is 7.08. The molecule has 1 saturated heterocycles. The van der Waals surface area contributed by atoms with Crippen molar-refractivity contribution in [2.45, 2.75) is 26.3 Å². The molecular formula is C17H19N5O2. The molecule has 0 unspecified atom stereocenters. The van der Waals surface area contributed by atoms with Crippen LogP contribution in [-0.4, -0.2) is 33.5 Å². The number of nitrogens with one attached hydrogen (secondary N) is 2. The quantitative estimate of drug-likeness (QED) is 0.816. The van der Waals surface area contributed by atoms with Crippen molar-refractivity contribution in [1.29, 1.82) is 0 Å². The molecule has 0 radical (unpaired) electrons. The van der Waals surface area contributed by atoms with Crippen molar-refractivity contribution < 1.29 is 9.59 Å². The molecule has 0 saturated carbocycles. The Hall–Kier alpha value is -2.96. The van der Waals surface area contributed by atoms with Gasteiger partial charge in [0.2, 0.25) is 11.8 Å². The molecule has 7 nitrogen and oxygen atoms in total. The average molecular weight is 325 g/mol. The van der Waals surface area contributed by atoms with E-state index < -0.39 is 0 Å². The van der Waals surface area contributed by atoms with Gasteiger partial charge in [-0.15, -0.1) is 0 Å². The number of hydrogen-bond acceptors (Lipinski definition) is 4. The molecule has 0 atom stereocenters. The van der Waals surface area contributed by atoms with Crippen molar-refractivity contribution in [3.8, 4) is 0 Å². The van der Waals surface area contributed by atoms with Crippen molar-refractivity contribution in [1.82, 2.24) is 20.5 Å². The second-order valence-corrected chi connectivity index (χ2v) is 5.63. The van der Waals surface area contributed by atoms with Crippen molar-refractivity contribution in [3.05, 3.63) is 47.6 Å². The molecule has 1 fully saturated rings. The van der Waals surface area contributed by atoms with Crippen LogP contribution in [0, 0.1) is 6.92 Å². The van der Waals surface area contributed by atoms with Gasteiger partial charge in [-0.3, -0.25) is 14.7 Å². The molecule has 1 aliphatic rings. The number of anilines is 1. The number of H-pyrrole nitrogens is 1. The Morgan fingerprint density at radius 1 is 1.38 bits per heavy atom. The van der Waals surface area contributed by atoms with Crippen LogP contribution in [0.1, 0.15) is 30.1 Å². The monoisotopic (exact) mass is 325 g/mol. The predicted octanol–water partition coefficient (Wildman–Crippen LogP) is 1.57. The Morgan fingerprint density at radius 3 is 2.79 bits per heavy atom. The number of aromatic nitrogens is 3. The summed E-state index contributed by atoms with van der Waals surface area (Å²) in [5.41, 5.74) is 1.80. The van der Waals surface area contributed by atoms with E-state index in [1.54, 1.807) is 17.9 Å². The van der Waals surface area contributed by atoms with Crippen molar-refractivity contribution >= 4 is 23.6 Å².